The maximum atomic E-state index is 11.4. The SMILES string of the molecule is CCCCCCOc1ccc(NC(=O)CC(C)=O)cc1. The Labute approximate surface area is 120 Å². The fourth-order valence-corrected chi connectivity index (χ4v) is 1.78. The van der Waals surface area contributed by atoms with E-state index in [1.54, 1.807) is 12.1 Å². The lowest BCUT2D eigenvalue weighted by atomic mass is 10.2. The number of hydrogen-bond acceptors (Lipinski definition) is 3. The summed E-state index contributed by atoms with van der Waals surface area (Å²) >= 11 is 0. The molecule has 1 rings (SSSR count). The zero-order valence-corrected chi connectivity index (χ0v) is 12.3. The Bertz CT molecular complexity index is 426. The number of ether oxygens (including phenoxy) is 1. The van der Waals surface area contributed by atoms with Crippen LogP contribution in [0.4, 0.5) is 5.69 Å². The van der Waals surface area contributed by atoms with Crippen molar-refractivity contribution < 1.29 is 14.3 Å². The summed E-state index contributed by atoms with van der Waals surface area (Å²) in [5.41, 5.74) is 0.676. The molecule has 0 saturated carbocycles. The first-order valence-electron chi connectivity index (χ1n) is 7.14. The Morgan fingerprint density at radius 3 is 2.40 bits per heavy atom. The van der Waals surface area contributed by atoms with Gasteiger partial charge in [0.15, 0.2) is 0 Å². The van der Waals surface area contributed by atoms with Gasteiger partial charge in [0.05, 0.1) is 13.0 Å². The normalized spacial score (nSPS) is 10.1. The van der Waals surface area contributed by atoms with Gasteiger partial charge >= 0.3 is 0 Å². The minimum absolute atomic E-state index is 0.0876. The predicted octanol–water partition coefficient (Wildman–Crippen LogP) is 3.56. The molecule has 4 nitrogen and oxygen atoms in total. The first kappa shape index (κ1) is 16.2. The van der Waals surface area contributed by atoms with E-state index in [2.05, 4.69) is 12.2 Å². The lowest BCUT2D eigenvalue weighted by Crippen LogP contribution is -2.14. The molecule has 0 aliphatic rings. The van der Waals surface area contributed by atoms with Gasteiger partial charge in [-0.15, -0.1) is 0 Å². The maximum absolute atomic E-state index is 11.4. The van der Waals surface area contributed by atoms with Gasteiger partial charge in [0.1, 0.15) is 11.5 Å². The topological polar surface area (TPSA) is 55.4 Å². The van der Waals surface area contributed by atoms with Crippen molar-refractivity contribution in [1.29, 1.82) is 0 Å². The van der Waals surface area contributed by atoms with E-state index in [0.717, 1.165) is 18.8 Å². The van der Waals surface area contributed by atoms with Crippen molar-refractivity contribution in [2.24, 2.45) is 0 Å². The van der Waals surface area contributed by atoms with Gasteiger partial charge in [0.2, 0.25) is 5.91 Å². The summed E-state index contributed by atoms with van der Waals surface area (Å²) < 4.78 is 5.61. The molecule has 1 aromatic carbocycles. The minimum atomic E-state index is -0.286. The molecule has 110 valence electrons. The summed E-state index contributed by atoms with van der Waals surface area (Å²) in [4.78, 5) is 22.2. The number of unbranched alkanes of at least 4 members (excludes halogenated alkanes) is 3. The van der Waals surface area contributed by atoms with Gasteiger partial charge in [-0.3, -0.25) is 9.59 Å². The van der Waals surface area contributed by atoms with Gasteiger partial charge in [0.25, 0.3) is 0 Å². The van der Waals surface area contributed by atoms with Crippen molar-refractivity contribution in [3.63, 3.8) is 0 Å². The van der Waals surface area contributed by atoms with Crippen LogP contribution in [-0.4, -0.2) is 18.3 Å². The summed E-state index contributed by atoms with van der Waals surface area (Å²) in [5.74, 6) is 0.367. The number of anilines is 1. The molecule has 1 N–H and O–H groups in total. The van der Waals surface area contributed by atoms with Crippen LogP contribution in [0.1, 0.15) is 46.0 Å². The standard InChI is InChI=1S/C16H23NO3/c1-3-4-5-6-11-20-15-9-7-14(8-10-15)17-16(19)12-13(2)18/h7-10H,3-6,11-12H2,1-2H3,(H,17,19). The second-order valence-electron chi connectivity index (χ2n) is 4.86. The molecule has 0 aliphatic carbocycles. The van der Waals surface area contributed by atoms with E-state index in [9.17, 15) is 9.59 Å². The van der Waals surface area contributed by atoms with Crippen LogP contribution in [0, 0.1) is 0 Å². The first-order valence-corrected chi connectivity index (χ1v) is 7.14. The number of benzene rings is 1. The summed E-state index contributed by atoms with van der Waals surface area (Å²) in [6.45, 7) is 4.30. The molecule has 1 amide bonds. The lowest BCUT2D eigenvalue weighted by molar-refractivity contribution is -0.124. The van der Waals surface area contributed by atoms with E-state index in [1.165, 1.54) is 26.2 Å². The van der Waals surface area contributed by atoms with Crippen LogP contribution in [0.2, 0.25) is 0 Å². The number of hydrogen-bond donors (Lipinski definition) is 1. The number of carbonyl (C=O) groups is 2. The fraction of sp³-hybridized carbons (Fsp3) is 0.500. The quantitative estimate of drug-likeness (QED) is 0.554. The number of nitrogens with one attached hydrogen (secondary N) is 1. The summed E-state index contributed by atoms with van der Waals surface area (Å²) in [6, 6.07) is 7.20. The molecule has 0 atom stereocenters. The second kappa shape index (κ2) is 9.13. The average molecular weight is 277 g/mol. The highest BCUT2D eigenvalue weighted by Crippen LogP contribution is 2.16. The molecule has 0 spiro atoms. The molecule has 20 heavy (non-hydrogen) atoms. The van der Waals surface area contributed by atoms with Crippen molar-refractivity contribution in [3.05, 3.63) is 24.3 Å². The molecule has 0 unspecified atom stereocenters. The van der Waals surface area contributed by atoms with E-state index >= 15 is 0 Å². The number of amides is 1. The molecule has 0 fully saturated rings. The van der Waals surface area contributed by atoms with Gasteiger partial charge in [-0.1, -0.05) is 26.2 Å². The highest BCUT2D eigenvalue weighted by atomic mass is 16.5. The van der Waals surface area contributed by atoms with E-state index in [4.69, 9.17) is 4.74 Å². The van der Waals surface area contributed by atoms with Gasteiger partial charge in [-0.2, -0.15) is 0 Å². The number of carbonyl (C=O) groups excluding carboxylic acids is 2. The lowest BCUT2D eigenvalue weighted by Gasteiger charge is -2.08. The molecular weight excluding hydrogens is 254 g/mol. The van der Waals surface area contributed by atoms with Gasteiger partial charge < -0.3 is 10.1 Å². The molecule has 0 aromatic heterocycles. The van der Waals surface area contributed by atoms with Gasteiger partial charge in [-0.25, -0.2) is 0 Å². The molecule has 0 saturated heterocycles. The molecule has 1 aromatic rings. The van der Waals surface area contributed by atoms with Gasteiger partial charge in [0, 0.05) is 5.69 Å². The molecular formula is C16H23NO3. The summed E-state index contributed by atoms with van der Waals surface area (Å²) in [7, 11) is 0. The van der Waals surface area contributed by atoms with Crippen LogP contribution in [0.25, 0.3) is 0 Å². The average Bonchev–Trinajstić information content (AvgIpc) is 2.39. The Morgan fingerprint density at radius 1 is 1.10 bits per heavy atom. The van der Waals surface area contributed by atoms with E-state index in [-0.39, 0.29) is 18.1 Å². The fourth-order valence-electron chi connectivity index (χ4n) is 1.78. The Morgan fingerprint density at radius 2 is 1.80 bits per heavy atom. The van der Waals surface area contributed by atoms with E-state index in [0.29, 0.717) is 5.69 Å². The third kappa shape index (κ3) is 6.92. The third-order valence-corrected chi connectivity index (χ3v) is 2.81. The zero-order valence-electron chi connectivity index (χ0n) is 12.3. The van der Waals surface area contributed by atoms with Crippen LogP contribution in [0.5, 0.6) is 5.75 Å². The van der Waals surface area contributed by atoms with Crippen molar-refractivity contribution in [2.75, 3.05) is 11.9 Å². The summed E-state index contributed by atoms with van der Waals surface area (Å²) in [6.07, 6.45) is 4.62. The summed E-state index contributed by atoms with van der Waals surface area (Å²) in [5, 5.41) is 2.67. The first-order chi connectivity index (χ1) is 9.61. The highest BCUT2D eigenvalue weighted by Gasteiger charge is 2.05. The second-order valence-corrected chi connectivity index (χ2v) is 4.86. The molecule has 0 aliphatic heterocycles. The zero-order chi connectivity index (χ0) is 14.8. The Balaban J connectivity index is 2.32. The van der Waals surface area contributed by atoms with Crippen LogP contribution in [0.15, 0.2) is 24.3 Å². The third-order valence-electron chi connectivity index (χ3n) is 2.81. The largest absolute Gasteiger partial charge is 0.494 e. The number of ketones is 1. The minimum Gasteiger partial charge on any atom is -0.494 e. The molecule has 0 radical (unpaired) electrons. The monoisotopic (exact) mass is 277 g/mol. The smallest absolute Gasteiger partial charge is 0.231 e. The predicted molar refractivity (Wildman–Crippen MR) is 80.0 cm³/mol. The van der Waals surface area contributed by atoms with Crippen LogP contribution < -0.4 is 10.1 Å². The molecule has 0 heterocycles. The van der Waals surface area contributed by atoms with E-state index < -0.39 is 0 Å². The van der Waals surface area contributed by atoms with Gasteiger partial charge in [-0.05, 0) is 37.6 Å². The Kier molecular flexibility index (Phi) is 7.40. The number of rotatable bonds is 9. The van der Waals surface area contributed by atoms with Crippen molar-refractivity contribution in [2.45, 2.75) is 46.0 Å². The Hall–Kier alpha value is -1.84. The maximum Gasteiger partial charge on any atom is 0.231 e. The number of Topliss-reactive ketones (excluding diaryl/α,β-unsaturated/α-hetero) is 1. The molecule has 0 bridgehead atoms. The van der Waals surface area contributed by atoms with E-state index in [1.807, 2.05) is 12.1 Å². The van der Waals surface area contributed by atoms with Crippen molar-refractivity contribution in [3.8, 4) is 5.75 Å². The highest BCUT2D eigenvalue weighted by molar-refractivity contribution is 6.03. The van der Waals surface area contributed by atoms with Crippen molar-refractivity contribution >= 4 is 17.4 Å². The molecule has 4 heteroatoms. The van der Waals surface area contributed by atoms with Crippen LogP contribution >= 0.6 is 0 Å². The van der Waals surface area contributed by atoms with Crippen LogP contribution in [0.3, 0.4) is 0 Å². The van der Waals surface area contributed by atoms with Crippen molar-refractivity contribution in [1.82, 2.24) is 0 Å². The van der Waals surface area contributed by atoms with Crippen LogP contribution in [-0.2, 0) is 9.59 Å².